The highest BCUT2D eigenvalue weighted by atomic mass is 16.5. The maximum atomic E-state index is 6.17. The third kappa shape index (κ3) is 4.89. The molecule has 0 aliphatic carbocycles. The predicted molar refractivity (Wildman–Crippen MR) is 90.5 cm³/mol. The fourth-order valence-electron chi connectivity index (χ4n) is 2.82. The molecule has 1 saturated heterocycles. The lowest BCUT2D eigenvalue weighted by Gasteiger charge is -2.42. The first-order chi connectivity index (χ1) is 10.5. The first-order valence-electron chi connectivity index (χ1n) is 8.35. The molecule has 4 heteroatoms. The van der Waals surface area contributed by atoms with Gasteiger partial charge in [-0.2, -0.15) is 0 Å². The zero-order chi connectivity index (χ0) is 16.0. The van der Waals surface area contributed by atoms with Gasteiger partial charge in [-0.05, 0) is 49.1 Å². The molecule has 1 unspecified atom stereocenters. The zero-order valence-electron chi connectivity index (χ0n) is 14.2. The van der Waals surface area contributed by atoms with Gasteiger partial charge in [0.2, 0.25) is 0 Å². The third-order valence-corrected chi connectivity index (χ3v) is 4.36. The highest BCUT2D eigenvalue weighted by Crippen LogP contribution is 2.27. The smallest absolute Gasteiger partial charge is 0.119 e. The average Bonchev–Trinajstić information content (AvgIpc) is 2.50. The Balaban J connectivity index is 1.72. The molecule has 0 aromatic heterocycles. The molecule has 22 heavy (non-hydrogen) atoms. The molecule has 1 aromatic carbocycles. The number of nitrogens with zero attached hydrogens (tertiary/aromatic N) is 1. The van der Waals surface area contributed by atoms with Gasteiger partial charge in [-0.1, -0.05) is 20.8 Å². The van der Waals surface area contributed by atoms with E-state index < -0.39 is 0 Å². The van der Waals surface area contributed by atoms with Crippen LogP contribution in [-0.4, -0.2) is 43.8 Å². The Morgan fingerprint density at radius 2 is 1.73 bits per heavy atom. The normalized spacial score (nSPS) is 21.5. The Morgan fingerprint density at radius 3 is 2.27 bits per heavy atom. The maximum Gasteiger partial charge on any atom is 0.119 e. The molecular formula is C18H30N2O2. The lowest BCUT2D eigenvalue weighted by molar-refractivity contribution is 0.0831. The van der Waals surface area contributed by atoms with Crippen LogP contribution in [0.25, 0.3) is 0 Å². The van der Waals surface area contributed by atoms with E-state index in [4.69, 9.17) is 15.2 Å². The van der Waals surface area contributed by atoms with Crippen molar-refractivity contribution in [3.05, 3.63) is 24.3 Å². The quantitative estimate of drug-likeness (QED) is 0.841. The first-order valence-corrected chi connectivity index (χ1v) is 8.35. The summed E-state index contributed by atoms with van der Waals surface area (Å²) in [7, 11) is 0. The molecule has 0 bridgehead atoms. The number of rotatable bonds is 7. The summed E-state index contributed by atoms with van der Waals surface area (Å²) in [5.41, 5.74) is 6.36. The lowest BCUT2D eigenvalue weighted by atomic mass is 9.80. The van der Waals surface area contributed by atoms with Crippen LogP contribution in [-0.2, 0) is 0 Å². The first kappa shape index (κ1) is 17.1. The highest BCUT2D eigenvalue weighted by Gasteiger charge is 2.32. The summed E-state index contributed by atoms with van der Waals surface area (Å²) >= 11 is 0. The molecule has 0 spiro atoms. The second kappa shape index (κ2) is 7.84. The van der Waals surface area contributed by atoms with Crippen molar-refractivity contribution in [2.45, 2.75) is 39.7 Å². The number of benzene rings is 1. The fourth-order valence-corrected chi connectivity index (χ4v) is 2.82. The standard InChI is InChI=1S/C18H30N2O2/c1-4-12-21-15-5-7-16(8-6-15)22-13-11-20-10-9-17(19)18(2,3)14-20/h5-8,17H,4,9-14,19H2,1-3H3. The van der Waals surface area contributed by atoms with Gasteiger partial charge in [-0.3, -0.25) is 4.90 Å². The van der Waals surface area contributed by atoms with Crippen LogP contribution in [0.2, 0.25) is 0 Å². The molecule has 1 atom stereocenters. The van der Waals surface area contributed by atoms with Gasteiger partial charge in [0.1, 0.15) is 18.1 Å². The van der Waals surface area contributed by atoms with Crippen molar-refractivity contribution in [3.8, 4) is 11.5 Å². The topological polar surface area (TPSA) is 47.7 Å². The largest absolute Gasteiger partial charge is 0.494 e. The van der Waals surface area contributed by atoms with E-state index in [2.05, 4.69) is 25.7 Å². The fraction of sp³-hybridized carbons (Fsp3) is 0.667. The van der Waals surface area contributed by atoms with E-state index >= 15 is 0 Å². The van der Waals surface area contributed by atoms with Crippen LogP contribution in [0.15, 0.2) is 24.3 Å². The Labute approximate surface area is 134 Å². The van der Waals surface area contributed by atoms with Crippen LogP contribution < -0.4 is 15.2 Å². The predicted octanol–water partition coefficient (Wildman–Crippen LogP) is 2.91. The van der Waals surface area contributed by atoms with Crippen molar-refractivity contribution < 1.29 is 9.47 Å². The molecule has 2 rings (SSSR count). The van der Waals surface area contributed by atoms with Crippen LogP contribution in [0, 0.1) is 5.41 Å². The van der Waals surface area contributed by atoms with E-state index in [0.29, 0.717) is 12.6 Å². The summed E-state index contributed by atoms with van der Waals surface area (Å²) in [4.78, 5) is 2.45. The van der Waals surface area contributed by atoms with Crippen LogP contribution in [0.1, 0.15) is 33.6 Å². The van der Waals surface area contributed by atoms with E-state index in [0.717, 1.165) is 50.6 Å². The van der Waals surface area contributed by atoms with Gasteiger partial charge < -0.3 is 15.2 Å². The van der Waals surface area contributed by atoms with Crippen molar-refractivity contribution >= 4 is 0 Å². The average molecular weight is 306 g/mol. The molecular weight excluding hydrogens is 276 g/mol. The second-order valence-electron chi connectivity index (χ2n) is 6.83. The molecule has 1 heterocycles. The summed E-state index contributed by atoms with van der Waals surface area (Å²) in [6.45, 7) is 11.1. The third-order valence-electron chi connectivity index (χ3n) is 4.36. The van der Waals surface area contributed by atoms with Gasteiger partial charge in [0.05, 0.1) is 6.61 Å². The van der Waals surface area contributed by atoms with Crippen molar-refractivity contribution in [1.29, 1.82) is 0 Å². The van der Waals surface area contributed by atoms with Crippen molar-refractivity contribution in [2.75, 3.05) is 32.8 Å². The van der Waals surface area contributed by atoms with Gasteiger partial charge >= 0.3 is 0 Å². The molecule has 1 fully saturated rings. The Bertz CT molecular complexity index is 445. The monoisotopic (exact) mass is 306 g/mol. The minimum Gasteiger partial charge on any atom is -0.494 e. The van der Waals surface area contributed by atoms with E-state index in [1.54, 1.807) is 0 Å². The summed E-state index contributed by atoms with van der Waals surface area (Å²) in [5.74, 6) is 1.80. The van der Waals surface area contributed by atoms with Gasteiger partial charge in [-0.25, -0.2) is 0 Å². The van der Waals surface area contributed by atoms with Crippen LogP contribution in [0.3, 0.4) is 0 Å². The number of ether oxygens (including phenoxy) is 2. The second-order valence-corrected chi connectivity index (χ2v) is 6.83. The summed E-state index contributed by atoms with van der Waals surface area (Å²) in [6, 6.07) is 8.18. The number of hydrogen-bond donors (Lipinski definition) is 1. The SMILES string of the molecule is CCCOc1ccc(OCCN2CCC(N)C(C)(C)C2)cc1. The number of likely N-dealkylation sites (tertiary alicyclic amines) is 1. The van der Waals surface area contributed by atoms with Crippen LogP contribution in [0.4, 0.5) is 0 Å². The molecule has 1 aromatic rings. The zero-order valence-corrected chi connectivity index (χ0v) is 14.2. The minimum absolute atomic E-state index is 0.191. The summed E-state index contributed by atoms with van der Waals surface area (Å²) in [6.07, 6.45) is 2.09. The summed E-state index contributed by atoms with van der Waals surface area (Å²) in [5, 5.41) is 0. The van der Waals surface area contributed by atoms with E-state index in [1.807, 2.05) is 24.3 Å². The molecule has 1 aliphatic rings. The molecule has 2 N–H and O–H groups in total. The van der Waals surface area contributed by atoms with Gasteiger partial charge in [0.15, 0.2) is 0 Å². The maximum absolute atomic E-state index is 6.17. The van der Waals surface area contributed by atoms with Crippen molar-refractivity contribution in [3.63, 3.8) is 0 Å². The molecule has 1 aliphatic heterocycles. The van der Waals surface area contributed by atoms with Gasteiger partial charge in [0, 0.05) is 19.1 Å². The van der Waals surface area contributed by atoms with Crippen LogP contribution >= 0.6 is 0 Å². The molecule has 0 amide bonds. The molecule has 124 valence electrons. The molecule has 0 radical (unpaired) electrons. The van der Waals surface area contributed by atoms with E-state index in [9.17, 15) is 0 Å². The summed E-state index contributed by atoms with van der Waals surface area (Å²) < 4.78 is 11.4. The van der Waals surface area contributed by atoms with Crippen molar-refractivity contribution in [2.24, 2.45) is 11.1 Å². The number of nitrogens with two attached hydrogens (primary N) is 1. The van der Waals surface area contributed by atoms with Gasteiger partial charge in [-0.15, -0.1) is 0 Å². The van der Waals surface area contributed by atoms with E-state index in [-0.39, 0.29) is 5.41 Å². The molecule has 4 nitrogen and oxygen atoms in total. The Hall–Kier alpha value is -1.26. The Kier molecular flexibility index (Phi) is 6.09. The number of hydrogen-bond acceptors (Lipinski definition) is 4. The Morgan fingerprint density at radius 1 is 1.14 bits per heavy atom. The molecule has 0 saturated carbocycles. The van der Waals surface area contributed by atoms with E-state index in [1.165, 1.54) is 0 Å². The van der Waals surface area contributed by atoms with Crippen molar-refractivity contribution in [1.82, 2.24) is 4.90 Å². The van der Waals surface area contributed by atoms with Gasteiger partial charge in [0.25, 0.3) is 0 Å². The minimum atomic E-state index is 0.191. The highest BCUT2D eigenvalue weighted by molar-refractivity contribution is 5.31. The van der Waals surface area contributed by atoms with Crippen LogP contribution in [0.5, 0.6) is 11.5 Å². The number of piperidine rings is 1. The lowest BCUT2D eigenvalue weighted by Crippen LogP contribution is -2.53.